The smallest absolute Gasteiger partial charge is 0.252 e. The maximum Gasteiger partial charge on any atom is 0.252 e. The van der Waals surface area contributed by atoms with Crippen LogP contribution in [0.15, 0.2) is 29.2 Å². The molecule has 2 rings (SSSR count). The number of rotatable bonds is 6. The lowest BCUT2D eigenvalue weighted by molar-refractivity contribution is -0.119. The Hall–Kier alpha value is -1.24. The Morgan fingerprint density at radius 3 is 2.72 bits per heavy atom. The second-order valence-corrected chi connectivity index (χ2v) is 7.49. The van der Waals surface area contributed by atoms with Crippen LogP contribution in [0.5, 0.6) is 0 Å². The van der Waals surface area contributed by atoms with Gasteiger partial charge in [0.25, 0.3) is 5.91 Å². The molecule has 1 heterocycles. The van der Waals surface area contributed by atoms with Gasteiger partial charge < -0.3 is 16.0 Å². The summed E-state index contributed by atoms with van der Waals surface area (Å²) in [7, 11) is 0. The third kappa shape index (κ3) is 6.88. The van der Waals surface area contributed by atoms with Gasteiger partial charge in [-0.1, -0.05) is 12.1 Å². The largest absolute Gasteiger partial charge is 0.353 e. The van der Waals surface area contributed by atoms with E-state index < -0.39 is 0 Å². The summed E-state index contributed by atoms with van der Waals surface area (Å²) in [6.45, 7) is 6.97. The van der Waals surface area contributed by atoms with Crippen molar-refractivity contribution in [3.63, 3.8) is 0 Å². The topological polar surface area (TPSA) is 70.2 Å². The zero-order valence-electron chi connectivity index (χ0n) is 15.0. The molecule has 0 aromatic heterocycles. The maximum absolute atomic E-state index is 12.6. The second-order valence-electron chi connectivity index (χ2n) is 6.47. The van der Waals surface area contributed by atoms with Crippen molar-refractivity contribution < 1.29 is 9.59 Å². The van der Waals surface area contributed by atoms with Crippen molar-refractivity contribution in [2.24, 2.45) is 0 Å². The number of amides is 2. The molecule has 3 N–H and O–H groups in total. The summed E-state index contributed by atoms with van der Waals surface area (Å²) >= 11 is 1.40. The monoisotopic (exact) mass is 385 g/mol. The van der Waals surface area contributed by atoms with Crippen LogP contribution in [0, 0.1) is 0 Å². The number of benzene rings is 1. The van der Waals surface area contributed by atoms with Crippen molar-refractivity contribution in [3.05, 3.63) is 29.8 Å². The number of thioether (sulfide) groups is 1. The molecule has 0 aliphatic carbocycles. The van der Waals surface area contributed by atoms with E-state index in [4.69, 9.17) is 0 Å². The Morgan fingerprint density at radius 1 is 1.32 bits per heavy atom. The van der Waals surface area contributed by atoms with Gasteiger partial charge in [-0.05, 0) is 52.3 Å². The highest BCUT2D eigenvalue weighted by atomic mass is 35.5. The fraction of sp³-hybridized carbons (Fsp3) is 0.556. The van der Waals surface area contributed by atoms with Gasteiger partial charge in [-0.3, -0.25) is 9.59 Å². The van der Waals surface area contributed by atoms with E-state index >= 15 is 0 Å². The number of carbonyl (C=O) groups excluding carboxylic acids is 2. The lowest BCUT2D eigenvalue weighted by Gasteiger charge is -2.30. The molecule has 2 unspecified atom stereocenters. The van der Waals surface area contributed by atoms with Crippen molar-refractivity contribution in [2.75, 3.05) is 12.3 Å². The molecule has 1 aliphatic rings. The van der Waals surface area contributed by atoms with E-state index in [0.29, 0.717) is 11.3 Å². The average molecular weight is 386 g/mol. The molecule has 2 atom stereocenters. The van der Waals surface area contributed by atoms with Crippen molar-refractivity contribution >= 4 is 36.0 Å². The van der Waals surface area contributed by atoms with E-state index in [2.05, 4.69) is 22.9 Å². The lowest BCUT2D eigenvalue weighted by atomic mass is 9.99. The highest BCUT2D eigenvalue weighted by Gasteiger charge is 2.23. The van der Waals surface area contributed by atoms with Gasteiger partial charge in [-0.15, -0.1) is 24.2 Å². The fourth-order valence-electron chi connectivity index (χ4n) is 2.77. The minimum atomic E-state index is -0.0667. The highest BCUT2D eigenvalue weighted by molar-refractivity contribution is 8.00. The van der Waals surface area contributed by atoms with E-state index in [9.17, 15) is 9.59 Å². The summed E-state index contributed by atoms with van der Waals surface area (Å²) in [5.41, 5.74) is 0.637. The Morgan fingerprint density at radius 2 is 2.04 bits per heavy atom. The second kappa shape index (κ2) is 10.7. The fourth-order valence-corrected chi connectivity index (χ4v) is 3.64. The Bertz CT molecular complexity index is 583. The molecule has 140 valence electrons. The van der Waals surface area contributed by atoms with E-state index in [-0.39, 0.29) is 42.3 Å². The summed E-state index contributed by atoms with van der Waals surface area (Å²) in [5, 5.41) is 9.38. The number of carbonyl (C=O) groups is 2. The van der Waals surface area contributed by atoms with Crippen molar-refractivity contribution in [1.29, 1.82) is 0 Å². The molecule has 0 saturated carbocycles. The van der Waals surface area contributed by atoms with Gasteiger partial charge in [-0.2, -0.15) is 0 Å². The van der Waals surface area contributed by atoms with E-state index in [1.54, 1.807) is 0 Å². The third-order valence-corrected chi connectivity index (χ3v) is 5.09. The first kappa shape index (κ1) is 21.8. The number of hydrogen-bond donors (Lipinski definition) is 3. The first-order chi connectivity index (χ1) is 11.5. The number of nitrogens with one attached hydrogen (secondary N) is 3. The van der Waals surface area contributed by atoms with Crippen LogP contribution < -0.4 is 16.0 Å². The number of piperidine rings is 1. The first-order valence-electron chi connectivity index (χ1n) is 8.53. The summed E-state index contributed by atoms with van der Waals surface area (Å²) in [6, 6.07) is 8.01. The van der Waals surface area contributed by atoms with Gasteiger partial charge in [0, 0.05) is 23.0 Å². The molecule has 0 radical (unpaired) electrons. The van der Waals surface area contributed by atoms with E-state index in [0.717, 1.165) is 24.3 Å². The Kier molecular flexibility index (Phi) is 9.32. The normalized spacial score (nSPS) is 19.8. The van der Waals surface area contributed by atoms with Crippen LogP contribution in [0.1, 0.15) is 44.0 Å². The minimum absolute atomic E-state index is 0. The van der Waals surface area contributed by atoms with Gasteiger partial charge in [0.15, 0.2) is 0 Å². The van der Waals surface area contributed by atoms with Gasteiger partial charge >= 0.3 is 0 Å². The summed E-state index contributed by atoms with van der Waals surface area (Å²) in [6.07, 6.45) is 2.06. The Labute approximate surface area is 160 Å². The molecule has 1 aliphatic heterocycles. The molecule has 1 saturated heterocycles. The maximum atomic E-state index is 12.6. The lowest BCUT2D eigenvalue weighted by Crippen LogP contribution is -2.51. The van der Waals surface area contributed by atoms with Crippen LogP contribution in [0.25, 0.3) is 0 Å². The van der Waals surface area contributed by atoms with Crippen LogP contribution >= 0.6 is 24.2 Å². The van der Waals surface area contributed by atoms with Crippen LogP contribution in [0.4, 0.5) is 0 Å². The molecule has 0 bridgehead atoms. The molecular formula is C18H28ClN3O2S. The Balaban J connectivity index is 0.00000312. The van der Waals surface area contributed by atoms with Crippen LogP contribution in [-0.4, -0.2) is 42.2 Å². The van der Waals surface area contributed by atoms with Crippen LogP contribution in [0.3, 0.4) is 0 Å². The van der Waals surface area contributed by atoms with Crippen molar-refractivity contribution in [2.45, 2.75) is 56.6 Å². The summed E-state index contributed by atoms with van der Waals surface area (Å²) < 4.78 is 0. The SMILES string of the molecule is CC(C)NC(=O)CSc1ccccc1C(=O)NC1CCCNC1C.Cl. The summed E-state index contributed by atoms with van der Waals surface area (Å²) in [5.74, 6) is 0.224. The van der Waals surface area contributed by atoms with Crippen molar-refractivity contribution in [3.8, 4) is 0 Å². The molecular weight excluding hydrogens is 358 g/mol. The van der Waals surface area contributed by atoms with Crippen LogP contribution in [0.2, 0.25) is 0 Å². The standard InChI is InChI=1S/C18H27N3O2S.ClH/c1-12(2)20-17(22)11-24-16-9-5-4-7-14(16)18(23)21-15-8-6-10-19-13(15)3;/h4-5,7,9,12-13,15,19H,6,8,10-11H2,1-3H3,(H,20,22)(H,21,23);1H. The van der Waals surface area contributed by atoms with Gasteiger partial charge in [-0.25, -0.2) is 0 Å². The zero-order valence-corrected chi connectivity index (χ0v) is 16.6. The first-order valence-corrected chi connectivity index (χ1v) is 9.51. The molecule has 1 fully saturated rings. The molecule has 7 heteroatoms. The van der Waals surface area contributed by atoms with Gasteiger partial charge in [0.05, 0.1) is 11.3 Å². The molecule has 5 nitrogen and oxygen atoms in total. The van der Waals surface area contributed by atoms with Crippen LogP contribution in [-0.2, 0) is 4.79 Å². The number of hydrogen-bond acceptors (Lipinski definition) is 4. The molecule has 1 aromatic rings. The van der Waals surface area contributed by atoms with E-state index in [1.807, 2.05) is 38.1 Å². The number of halogens is 1. The van der Waals surface area contributed by atoms with Gasteiger partial charge in [0.1, 0.15) is 0 Å². The molecule has 0 spiro atoms. The predicted octanol–water partition coefficient (Wildman–Crippen LogP) is 2.60. The van der Waals surface area contributed by atoms with E-state index in [1.165, 1.54) is 11.8 Å². The summed E-state index contributed by atoms with van der Waals surface area (Å²) in [4.78, 5) is 25.3. The van der Waals surface area contributed by atoms with Crippen molar-refractivity contribution in [1.82, 2.24) is 16.0 Å². The highest BCUT2D eigenvalue weighted by Crippen LogP contribution is 2.23. The minimum Gasteiger partial charge on any atom is -0.353 e. The zero-order chi connectivity index (χ0) is 17.5. The average Bonchev–Trinajstić information content (AvgIpc) is 2.54. The molecule has 25 heavy (non-hydrogen) atoms. The third-order valence-electron chi connectivity index (χ3n) is 4.02. The molecule has 1 aromatic carbocycles. The molecule has 2 amide bonds. The van der Waals surface area contributed by atoms with Gasteiger partial charge in [0.2, 0.25) is 5.91 Å². The quantitative estimate of drug-likeness (QED) is 0.658. The predicted molar refractivity (Wildman–Crippen MR) is 106 cm³/mol.